The molecule has 0 amide bonds. The first kappa shape index (κ1) is 10.7. The molecule has 2 aromatic rings. The van der Waals surface area contributed by atoms with E-state index >= 15 is 0 Å². The van der Waals surface area contributed by atoms with Crippen molar-refractivity contribution in [1.29, 1.82) is 0 Å². The Balaban J connectivity index is 2.04. The zero-order valence-electron chi connectivity index (χ0n) is 9.24. The van der Waals surface area contributed by atoms with Gasteiger partial charge in [-0.2, -0.15) is 0 Å². The van der Waals surface area contributed by atoms with Crippen molar-refractivity contribution >= 4 is 21.6 Å². The average molecular weight is 290 g/mol. The Kier molecular flexibility index (Phi) is 2.77. The summed E-state index contributed by atoms with van der Waals surface area (Å²) in [5, 5.41) is 3.35. The fourth-order valence-electron chi connectivity index (χ4n) is 1.99. The maximum Gasteiger partial charge on any atom is 0.142 e. The van der Waals surface area contributed by atoms with Crippen LogP contribution in [0.3, 0.4) is 0 Å². The molecule has 1 aliphatic rings. The second-order valence-corrected chi connectivity index (χ2v) is 4.91. The van der Waals surface area contributed by atoms with E-state index < -0.39 is 0 Å². The van der Waals surface area contributed by atoms with E-state index in [1.54, 1.807) is 0 Å². The Hall–Kier alpha value is -1.48. The van der Waals surface area contributed by atoms with Gasteiger partial charge in [0, 0.05) is 11.0 Å². The lowest BCUT2D eigenvalue weighted by atomic mass is 10.0. The first-order valence-electron chi connectivity index (χ1n) is 5.59. The van der Waals surface area contributed by atoms with E-state index in [9.17, 15) is 0 Å². The van der Waals surface area contributed by atoms with Crippen LogP contribution in [0.15, 0.2) is 46.9 Å². The number of nitrogens with one attached hydrogen (secondary N) is 1. The molecule has 1 N–H and O–H groups in total. The maximum atomic E-state index is 5.57. The quantitative estimate of drug-likeness (QED) is 0.859. The number of hydrogen-bond acceptors (Lipinski definition) is 2. The van der Waals surface area contributed by atoms with Gasteiger partial charge in [0.05, 0.1) is 5.69 Å². The van der Waals surface area contributed by atoms with Gasteiger partial charge in [0.1, 0.15) is 12.4 Å². The summed E-state index contributed by atoms with van der Waals surface area (Å²) in [7, 11) is 0. The van der Waals surface area contributed by atoms with Crippen molar-refractivity contribution in [2.75, 3.05) is 18.5 Å². The molecule has 0 saturated heterocycles. The highest BCUT2D eigenvalue weighted by Crippen LogP contribution is 2.32. The number of halogens is 1. The molecule has 0 spiro atoms. The van der Waals surface area contributed by atoms with Gasteiger partial charge in [-0.05, 0) is 35.4 Å². The van der Waals surface area contributed by atoms with Crippen LogP contribution in [0.5, 0.6) is 5.75 Å². The van der Waals surface area contributed by atoms with Gasteiger partial charge >= 0.3 is 0 Å². The molecule has 17 heavy (non-hydrogen) atoms. The summed E-state index contributed by atoms with van der Waals surface area (Å²) in [6.07, 6.45) is 0. The zero-order valence-corrected chi connectivity index (χ0v) is 10.8. The first-order valence-corrected chi connectivity index (χ1v) is 6.39. The molecule has 1 aliphatic heterocycles. The predicted molar refractivity (Wildman–Crippen MR) is 73.6 cm³/mol. The zero-order chi connectivity index (χ0) is 11.7. The number of fused-ring (bicyclic) bond motifs is 1. The fraction of sp³-hybridized carbons (Fsp3) is 0.143. The second kappa shape index (κ2) is 4.41. The molecule has 3 heteroatoms. The third kappa shape index (κ3) is 2.15. The Morgan fingerprint density at radius 3 is 2.82 bits per heavy atom. The lowest BCUT2D eigenvalue weighted by molar-refractivity contribution is 0.323. The van der Waals surface area contributed by atoms with Crippen molar-refractivity contribution in [3.8, 4) is 16.9 Å². The molecule has 2 nitrogen and oxygen atoms in total. The number of ether oxygens (including phenoxy) is 1. The SMILES string of the molecule is Brc1cccc(-c2ccc3c(c2)NCCO3)c1. The first-order chi connectivity index (χ1) is 8.33. The van der Waals surface area contributed by atoms with Crippen LogP contribution in [0.1, 0.15) is 0 Å². The molecule has 0 aromatic heterocycles. The minimum absolute atomic E-state index is 0.739. The van der Waals surface area contributed by atoms with E-state index in [4.69, 9.17) is 4.74 Å². The minimum atomic E-state index is 0.739. The Morgan fingerprint density at radius 1 is 1.06 bits per heavy atom. The summed E-state index contributed by atoms with van der Waals surface area (Å²) in [5.41, 5.74) is 3.48. The highest BCUT2D eigenvalue weighted by atomic mass is 79.9. The largest absolute Gasteiger partial charge is 0.490 e. The van der Waals surface area contributed by atoms with Gasteiger partial charge in [0.15, 0.2) is 0 Å². The topological polar surface area (TPSA) is 21.3 Å². The van der Waals surface area contributed by atoms with Crippen LogP contribution in [-0.4, -0.2) is 13.2 Å². The molecule has 0 saturated carbocycles. The lowest BCUT2D eigenvalue weighted by Crippen LogP contribution is -2.17. The van der Waals surface area contributed by atoms with Crippen molar-refractivity contribution in [3.05, 3.63) is 46.9 Å². The third-order valence-electron chi connectivity index (χ3n) is 2.81. The van der Waals surface area contributed by atoms with Crippen LogP contribution in [0, 0.1) is 0 Å². The van der Waals surface area contributed by atoms with Crippen LogP contribution in [-0.2, 0) is 0 Å². The van der Waals surface area contributed by atoms with E-state index in [0.29, 0.717) is 0 Å². The second-order valence-electron chi connectivity index (χ2n) is 4.00. The summed E-state index contributed by atoms with van der Waals surface area (Å²) < 4.78 is 6.66. The number of hydrogen-bond donors (Lipinski definition) is 1. The molecule has 1 heterocycles. The normalized spacial score (nSPS) is 13.5. The molecule has 3 rings (SSSR count). The average Bonchev–Trinajstić information content (AvgIpc) is 2.38. The summed E-state index contributed by atoms with van der Waals surface area (Å²) in [5.74, 6) is 0.940. The number of anilines is 1. The van der Waals surface area contributed by atoms with Gasteiger partial charge in [-0.25, -0.2) is 0 Å². The molecular formula is C14H12BrNO. The standard InChI is InChI=1S/C14H12BrNO/c15-12-3-1-2-10(8-12)11-4-5-14-13(9-11)16-6-7-17-14/h1-5,8-9,16H,6-7H2. The monoisotopic (exact) mass is 289 g/mol. The molecule has 0 fully saturated rings. The van der Waals surface area contributed by atoms with E-state index in [1.807, 2.05) is 18.2 Å². The van der Waals surface area contributed by atoms with Gasteiger partial charge in [-0.15, -0.1) is 0 Å². The van der Waals surface area contributed by atoms with Gasteiger partial charge in [0.2, 0.25) is 0 Å². The molecule has 0 radical (unpaired) electrons. The Morgan fingerprint density at radius 2 is 1.94 bits per heavy atom. The van der Waals surface area contributed by atoms with Gasteiger partial charge in [-0.3, -0.25) is 0 Å². The van der Waals surface area contributed by atoms with Crippen LogP contribution in [0.2, 0.25) is 0 Å². The fourth-order valence-corrected chi connectivity index (χ4v) is 2.39. The van der Waals surface area contributed by atoms with Gasteiger partial charge < -0.3 is 10.1 Å². The Labute approximate surface area is 109 Å². The van der Waals surface area contributed by atoms with Crippen LogP contribution in [0.4, 0.5) is 5.69 Å². The van der Waals surface area contributed by atoms with E-state index in [1.165, 1.54) is 11.1 Å². The summed E-state index contributed by atoms with van der Waals surface area (Å²) in [6.45, 7) is 1.61. The summed E-state index contributed by atoms with van der Waals surface area (Å²) in [6, 6.07) is 14.6. The van der Waals surface area contributed by atoms with E-state index in [-0.39, 0.29) is 0 Å². The number of rotatable bonds is 1. The van der Waals surface area contributed by atoms with Crippen LogP contribution >= 0.6 is 15.9 Å². The summed E-state index contributed by atoms with van der Waals surface area (Å²) >= 11 is 3.49. The van der Waals surface area contributed by atoms with Crippen LogP contribution in [0.25, 0.3) is 11.1 Å². The van der Waals surface area contributed by atoms with Gasteiger partial charge in [-0.1, -0.05) is 34.1 Å². The van der Waals surface area contributed by atoms with Crippen molar-refractivity contribution < 1.29 is 4.74 Å². The third-order valence-corrected chi connectivity index (χ3v) is 3.31. The summed E-state index contributed by atoms with van der Waals surface area (Å²) in [4.78, 5) is 0. The van der Waals surface area contributed by atoms with E-state index in [2.05, 4.69) is 45.5 Å². The molecule has 0 bridgehead atoms. The van der Waals surface area contributed by atoms with Crippen molar-refractivity contribution in [1.82, 2.24) is 0 Å². The molecule has 0 aliphatic carbocycles. The highest BCUT2D eigenvalue weighted by Gasteiger charge is 2.10. The predicted octanol–water partition coefficient (Wildman–Crippen LogP) is 3.92. The smallest absolute Gasteiger partial charge is 0.142 e. The highest BCUT2D eigenvalue weighted by molar-refractivity contribution is 9.10. The van der Waals surface area contributed by atoms with Crippen LogP contribution < -0.4 is 10.1 Å². The maximum absolute atomic E-state index is 5.57. The van der Waals surface area contributed by atoms with Crippen molar-refractivity contribution in [2.45, 2.75) is 0 Å². The van der Waals surface area contributed by atoms with Crippen molar-refractivity contribution in [2.24, 2.45) is 0 Å². The molecule has 0 unspecified atom stereocenters. The number of benzene rings is 2. The molecule has 86 valence electrons. The van der Waals surface area contributed by atoms with Crippen molar-refractivity contribution in [3.63, 3.8) is 0 Å². The molecule has 2 aromatic carbocycles. The van der Waals surface area contributed by atoms with Gasteiger partial charge in [0.25, 0.3) is 0 Å². The minimum Gasteiger partial charge on any atom is -0.490 e. The Bertz CT molecular complexity index is 554. The van der Waals surface area contributed by atoms with E-state index in [0.717, 1.165) is 29.1 Å². The lowest BCUT2D eigenvalue weighted by Gasteiger charge is -2.19. The molecule has 0 atom stereocenters. The molecular weight excluding hydrogens is 278 g/mol.